The van der Waals surface area contributed by atoms with E-state index in [0.717, 1.165) is 12.8 Å². The van der Waals surface area contributed by atoms with Crippen molar-refractivity contribution in [3.05, 3.63) is 12.2 Å². The number of hydrogen-bond donors (Lipinski definition) is 0. The molecule has 0 unspecified atom stereocenters. The predicted molar refractivity (Wildman–Crippen MR) is 68.2 cm³/mol. The van der Waals surface area contributed by atoms with Crippen molar-refractivity contribution < 1.29 is 14.3 Å². The number of ether oxygens (including phenoxy) is 1. The SMILES string of the molecule is CC(C)(C)OC(=O)N1CCC2(C=CC(=O)C2)CC1. The highest BCUT2D eigenvalue weighted by Crippen LogP contribution is 2.40. The van der Waals surface area contributed by atoms with E-state index in [1.54, 1.807) is 11.0 Å². The van der Waals surface area contributed by atoms with Crippen LogP contribution in [0.2, 0.25) is 0 Å². The second-order valence-electron chi connectivity index (χ2n) is 6.31. The zero-order valence-corrected chi connectivity index (χ0v) is 11.4. The standard InChI is InChI=1S/C14H21NO3/c1-13(2,3)18-12(17)15-8-6-14(7-9-15)5-4-11(16)10-14/h4-5H,6-10H2,1-3H3. The van der Waals surface area contributed by atoms with Gasteiger partial charge in [-0.3, -0.25) is 4.79 Å². The summed E-state index contributed by atoms with van der Waals surface area (Å²) in [7, 11) is 0. The average Bonchev–Trinajstić information content (AvgIpc) is 2.58. The van der Waals surface area contributed by atoms with Crippen molar-refractivity contribution in [3.63, 3.8) is 0 Å². The van der Waals surface area contributed by atoms with Gasteiger partial charge in [0, 0.05) is 19.5 Å². The third-order valence-corrected chi connectivity index (χ3v) is 3.56. The first-order valence-corrected chi connectivity index (χ1v) is 6.50. The van der Waals surface area contributed by atoms with Crippen LogP contribution in [-0.4, -0.2) is 35.5 Å². The second kappa shape index (κ2) is 4.41. The van der Waals surface area contributed by atoms with Gasteiger partial charge in [0.05, 0.1) is 0 Å². The molecule has 1 aliphatic heterocycles. The lowest BCUT2D eigenvalue weighted by Crippen LogP contribution is -2.44. The van der Waals surface area contributed by atoms with Crippen LogP contribution < -0.4 is 0 Å². The molecule has 1 heterocycles. The van der Waals surface area contributed by atoms with Crippen LogP contribution in [0, 0.1) is 5.41 Å². The fourth-order valence-corrected chi connectivity index (χ4v) is 2.54. The van der Waals surface area contributed by atoms with E-state index in [-0.39, 0.29) is 17.3 Å². The monoisotopic (exact) mass is 251 g/mol. The first kappa shape index (κ1) is 13.1. The van der Waals surface area contributed by atoms with E-state index in [9.17, 15) is 9.59 Å². The minimum absolute atomic E-state index is 0.00952. The van der Waals surface area contributed by atoms with E-state index in [0.29, 0.717) is 19.5 Å². The number of ketones is 1. The Morgan fingerprint density at radius 2 is 1.94 bits per heavy atom. The van der Waals surface area contributed by atoms with Crippen LogP contribution in [0.25, 0.3) is 0 Å². The van der Waals surface area contributed by atoms with E-state index in [1.807, 2.05) is 26.8 Å². The van der Waals surface area contributed by atoms with Crippen LogP contribution in [0.15, 0.2) is 12.2 Å². The molecule has 0 atom stereocenters. The first-order valence-electron chi connectivity index (χ1n) is 6.50. The maximum absolute atomic E-state index is 11.9. The Bertz CT molecular complexity index is 384. The van der Waals surface area contributed by atoms with Crippen molar-refractivity contribution >= 4 is 11.9 Å². The summed E-state index contributed by atoms with van der Waals surface area (Å²) < 4.78 is 5.35. The van der Waals surface area contributed by atoms with Crippen molar-refractivity contribution in [3.8, 4) is 0 Å². The van der Waals surface area contributed by atoms with E-state index in [2.05, 4.69) is 0 Å². The number of amides is 1. The number of likely N-dealkylation sites (tertiary alicyclic amines) is 1. The summed E-state index contributed by atoms with van der Waals surface area (Å²) in [5.41, 5.74) is -0.439. The Morgan fingerprint density at radius 3 is 2.39 bits per heavy atom. The van der Waals surface area contributed by atoms with Gasteiger partial charge in [0.2, 0.25) is 0 Å². The van der Waals surface area contributed by atoms with E-state index >= 15 is 0 Å². The lowest BCUT2D eigenvalue weighted by Gasteiger charge is -2.38. The van der Waals surface area contributed by atoms with Gasteiger partial charge in [0.15, 0.2) is 5.78 Å². The van der Waals surface area contributed by atoms with Gasteiger partial charge >= 0.3 is 6.09 Å². The molecule has 1 amide bonds. The van der Waals surface area contributed by atoms with Crippen molar-refractivity contribution in [2.75, 3.05) is 13.1 Å². The summed E-state index contributed by atoms with van der Waals surface area (Å²) in [4.78, 5) is 25.0. The highest BCUT2D eigenvalue weighted by Gasteiger charge is 2.38. The summed E-state index contributed by atoms with van der Waals surface area (Å²) in [6.45, 7) is 6.96. The summed E-state index contributed by atoms with van der Waals surface area (Å²) in [5, 5.41) is 0. The van der Waals surface area contributed by atoms with E-state index in [1.165, 1.54) is 0 Å². The lowest BCUT2D eigenvalue weighted by atomic mass is 9.78. The largest absolute Gasteiger partial charge is 0.444 e. The molecular weight excluding hydrogens is 230 g/mol. The van der Waals surface area contributed by atoms with Crippen LogP contribution in [0.1, 0.15) is 40.0 Å². The molecule has 0 aromatic carbocycles. The quantitative estimate of drug-likeness (QED) is 0.664. The number of carbonyl (C=O) groups excluding carboxylic acids is 2. The Hall–Kier alpha value is -1.32. The number of nitrogens with zero attached hydrogens (tertiary/aromatic N) is 1. The van der Waals surface area contributed by atoms with Crippen LogP contribution in [0.4, 0.5) is 4.79 Å². The molecule has 2 rings (SSSR count). The lowest BCUT2D eigenvalue weighted by molar-refractivity contribution is -0.115. The smallest absolute Gasteiger partial charge is 0.410 e. The Balaban J connectivity index is 1.89. The number of piperidine rings is 1. The number of hydrogen-bond acceptors (Lipinski definition) is 3. The van der Waals surface area contributed by atoms with Gasteiger partial charge in [0.25, 0.3) is 0 Å². The van der Waals surface area contributed by atoms with Crippen LogP contribution >= 0.6 is 0 Å². The second-order valence-corrected chi connectivity index (χ2v) is 6.31. The molecule has 100 valence electrons. The molecule has 4 nitrogen and oxygen atoms in total. The Morgan fingerprint density at radius 1 is 1.33 bits per heavy atom. The molecule has 1 fully saturated rings. The molecule has 2 aliphatic rings. The third kappa shape index (κ3) is 2.92. The van der Waals surface area contributed by atoms with Gasteiger partial charge in [-0.25, -0.2) is 4.79 Å². The zero-order valence-electron chi connectivity index (χ0n) is 11.4. The molecule has 0 N–H and O–H groups in total. The van der Waals surface area contributed by atoms with Crippen LogP contribution in [0.3, 0.4) is 0 Å². The number of allylic oxidation sites excluding steroid dienone is 2. The number of carbonyl (C=O) groups is 2. The highest BCUT2D eigenvalue weighted by molar-refractivity contribution is 5.93. The van der Waals surface area contributed by atoms with Crippen LogP contribution in [0.5, 0.6) is 0 Å². The van der Waals surface area contributed by atoms with E-state index < -0.39 is 5.60 Å². The molecule has 0 saturated carbocycles. The maximum Gasteiger partial charge on any atom is 0.410 e. The molecule has 0 radical (unpaired) electrons. The highest BCUT2D eigenvalue weighted by atomic mass is 16.6. The van der Waals surface area contributed by atoms with E-state index in [4.69, 9.17) is 4.74 Å². The number of rotatable bonds is 0. The molecule has 0 aromatic rings. The Labute approximate surface area is 108 Å². The molecule has 1 saturated heterocycles. The molecule has 4 heteroatoms. The fourth-order valence-electron chi connectivity index (χ4n) is 2.54. The average molecular weight is 251 g/mol. The van der Waals surface area contributed by atoms with Gasteiger partial charge in [-0.15, -0.1) is 0 Å². The summed E-state index contributed by atoms with van der Waals surface area (Å²) >= 11 is 0. The normalized spacial score (nSPS) is 22.6. The van der Waals surface area contributed by atoms with Gasteiger partial charge < -0.3 is 9.64 Å². The first-order chi connectivity index (χ1) is 8.30. The minimum atomic E-state index is -0.449. The minimum Gasteiger partial charge on any atom is -0.444 e. The molecule has 1 aliphatic carbocycles. The molecule has 0 aromatic heterocycles. The van der Waals surface area contributed by atoms with Gasteiger partial charge in [-0.1, -0.05) is 6.08 Å². The summed E-state index contributed by atoms with van der Waals surface area (Å²) in [6, 6.07) is 0. The summed E-state index contributed by atoms with van der Waals surface area (Å²) in [6.07, 6.45) is 5.79. The van der Waals surface area contributed by atoms with Gasteiger partial charge in [0.1, 0.15) is 5.60 Å². The molecular formula is C14H21NO3. The van der Waals surface area contributed by atoms with Crippen molar-refractivity contribution in [2.24, 2.45) is 5.41 Å². The van der Waals surface area contributed by atoms with Crippen molar-refractivity contribution in [2.45, 2.75) is 45.6 Å². The third-order valence-electron chi connectivity index (χ3n) is 3.56. The maximum atomic E-state index is 11.9. The fraction of sp³-hybridized carbons (Fsp3) is 0.714. The summed E-state index contributed by atoms with van der Waals surface area (Å²) in [5.74, 6) is 0.209. The molecule has 0 bridgehead atoms. The van der Waals surface area contributed by atoms with Crippen molar-refractivity contribution in [1.29, 1.82) is 0 Å². The van der Waals surface area contributed by atoms with Crippen molar-refractivity contribution in [1.82, 2.24) is 4.90 Å². The van der Waals surface area contributed by atoms with Crippen LogP contribution in [-0.2, 0) is 9.53 Å². The topological polar surface area (TPSA) is 46.6 Å². The molecule has 18 heavy (non-hydrogen) atoms. The van der Waals surface area contributed by atoms with Gasteiger partial charge in [-0.2, -0.15) is 0 Å². The predicted octanol–water partition coefficient (Wildman–Crippen LogP) is 2.53. The van der Waals surface area contributed by atoms with Gasteiger partial charge in [-0.05, 0) is 45.1 Å². The zero-order chi connectivity index (χ0) is 13.4. The molecule has 1 spiro atoms. The Kier molecular flexibility index (Phi) is 3.21.